The van der Waals surface area contributed by atoms with Crippen LogP contribution in [0, 0.1) is 12.3 Å². The summed E-state index contributed by atoms with van der Waals surface area (Å²) in [5, 5.41) is 14.1. The van der Waals surface area contributed by atoms with Gasteiger partial charge in [-0.15, -0.1) is 6.42 Å². The van der Waals surface area contributed by atoms with Gasteiger partial charge in [-0.25, -0.2) is 28.2 Å². The Labute approximate surface area is 190 Å². The number of rotatable bonds is 1. The van der Waals surface area contributed by atoms with Crippen LogP contribution in [0.2, 0.25) is 0 Å². The summed E-state index contributed by atoms with van der Waals surface area (Å²) in [7, 11) is -13.9. The Bertz CT molecular complexity index is 1060. The number of phosphoric acid groups is 3. The number of nitrogen functional groups attached to an aromatic ring is 1. The summed E-state index contributed by atoms with van der Waals surface area (Å²) in [6, 6.07) is 0. The van der Waals surface area contributed by atoms with E-state index in [0.717, 1.165) is 0 Å². The highest BCUT2D eigenvalue weighted by Crippen LogP contribution is 2.39. The van der Waals surface area contributed by atoms with Crippen molar-refractivity contribution in [2.75, 3.05) is 5.73 Å². The summed E-state index contributed by atoms with van der Waals surface area (Å²) in [4.78, 5) is 72.7. The number of nitrogens with zero attached hydrogens (tertiary/aromatic N) is 4. The maximum absolute atomic E-state index is 9.99. The lowest BCUT2D eigenvalue weighted by Crippen LogP contribution is -2.33. The normalized spacial score (nSPS) is 22.3. The molecule has 0 saturated carbocycles. The van der Waals surface area contributed by atoms with Crippen LogP contribution in [-0.2, 0) is 18.4 Å². The Kier molecular flexibility index (Phi) is 11.6. The molecule has 34 heavy (non-hydrogen) atoms. The molecule has 0 aliphatic carbocycles. The SMILES string of the molecule is C#C[C@@]1(C)O[C@@H](c2cnc3c(N)ncnn23)C[C@@H]1O.O=P(O)(O)O.O=P(O)(O)O.O=P(O)(O)O. The molecule has 3 rings (SSSR count). The zero-order chi connectivity index (χ0) is 27.1. The first-order chi connectivity index (χ1) is 15.0. The van der Waals surface area contributed by atoms with E-state index in [1.54, 1.807) is 17.6 Å². The Morgan fingerprint density at radius 3 is 1.88 bits per heavy atom. The van der Waals surface area contributed by atoms with Crippen LogP contribution >= 0.6 is 23.5 Å². The highest BCUT2D eigenvalue weighted by atomic mass is 31.2. The molecular weight excluding hydrogens is 531 g/mol. The minimum Gasteiger partial charge on any atom is -0.389 e. The number of imidazole rings is 1. The fourth-order valence-corrected chi connectivity index (χ4v) is 2.23. The van der Waals surface area contributed by atoms with Gasteiger partial charge in [0, 0.05) is 6.42 Å². The smallest absolute Gasteiger partial charge is 0.389 e. The monoisotopic (exact) mass is 553 g/mol. The van der Waals surface area contributed by atoms with Crippen molar-refractivity contribution in [1.82, 2.24) is 19.6 Å². The Morgan fingerprint density at radius 1 is 1.06 bits per heavy atom. The molecule has 0 unspecified atom stereocenters. The zero-order valence-electron chi connectivity index (χ0n) is 16.9. The van der Waals surface area contributed by atoms with Crippen LogP contribution in [0.1, 0.15) is 25.1 Å². The first-order valence-corrected chi connectivity index (χ1v) is 12.9. The van der Waals surface area contributed by atoms with Crippen LogP contribution < -0.4 is 5.73 Å². The molecular formula is C12H22N5O14P3. The average molecular weight is 553 g/mol. The van der Waals surface area contributed by atoms with Gasteiger partial charge >= 0.3 is 23.5 Å². The number of aliphatic hydroxyl groups is 1. The second-order valence-corrected chi connectivity index (χ2v) is 9.29. The molecule has 0 aromatic carbocycles. The molecule has 12 N–H and O–H groups in total. The van der Waals surface area contributed by atoms with Crippen molar-refractivity contribution in [3.8, 4) is 12.3 Å². The lowest BCUT2D eigenvalue weighted by atomic mass is 9.99. The Balaban J connectivity index is 0.000000599. The predicted molar refractivity (Wildman–Crippen MR) is 110 cm³/mol. The van der Waals surface area contributed by atoms with Gasteiger partial charge in [-0.2, -0.15) is 5.10 Å². The summed E-state index contributed by atoms with van der Waals surface area (Å²) < 4.78 is 34.0. The predicted octanol–water partition coefficient (Wildman–Crippen LogP) is -2.87. The second kappa shape index (κ2) is 12.2. The third-order valence-corrected chi connectivity index (χ3v) is 3.43. The summed E-state index contributed by atoms with van der Waals surface area (Å²) in [5.41, 5.74) is 5.88. The van der Waals surface area contributed by atoms with Gasteiger partial charge in [-0.05, 0) is 6.92 Å². The maximum Gasteiger partial charge on any atom is 0.466 e. The minimum atomic E-state index is -4.64. The number of fused-ring (bicyclic) bond motifs is 1. The van der Waals surface area contributed by atoms with Gasteiger partial charge in [0.15, 0.2) is 17.1 Å². The van der Waals surface area contributed by atoms with Gasteiger partial charge in [0.25, 0.3) is 0 Å². The lowest BCUT2D eigenvalue weighted by Gasteiger charge is -2.20. The second-order valence-electron chi connectivity index (χ2n) is 6.21. The topological polar surface area (TPSA) is 332 Å². The van der Waals surface area contributed by atoms with Crippen LogP contribution in [-0.4, -0.2) is 80.4 Å². The van der Waals surface area contributed by atoms with Gasteiger partial charge in [0.2, 0.25) is 0 Å². The number of aliphatic hydroxyl groups excluding tert-OH is 1. The van der Waals surface area contributed by atoms with Crippen molar-refractivity contribution in [2.45, 2.75) is 31.2 Å². The maximum atomic E-state index is 9.99. The van der Waals surface area contributed by atoms with Crippen molar-refractivity contribution in [3.05, 3.63) is 18.2 Å². The quantitative estimate of drug-likeness (QED) is 0.125. The number of hydrogen-bond acceptors (Lipinski definition) is 9. The first-order valence-electron chi connectivity index (χ1n) is 8.17. The molecule has 0 bridgehead atoms. The molecule has 194 valence electrons. The van der Waals surface area contributed by atoms with Crippen LogP contribution in [0.15, 0.2) is 12.5 Å². The van der Waals surface area contributed by atoms with Crippen molar-refractivity contribution < 1.29 is 67.6 Å². The molecule has 22 heteroatoms. The molecule has 19 nitrogen and oxygen atoms in total. The average Bonchev–Trinajstić information content (AvgIpc) is 3.13. The van der Waals surface area contributed by atoms with Crippen LogP contribution in [0.5, 0.6) is 0 Å². The highest BCUT2D eigenvalue weighted by Gasteiger charge is 2.44. The Hall–Kier alpha value is -1.84. The van der Waals surface area contributed by atoms with Crippen LogP contribution in [0.25, 0.3) is 5.65 Å². The van der Waals surface area contributed by atoms with Gasteiger partial charge in [-0.1, -0.05) is 5.92 Å². The van der Waals surface area contributed by atoms with E-state index in [9.17, 15) is 5.11 Å². The standard InChI is InChI=1S/C12H13N5O2.3H3O4P/c1-3-12(2)9(18)4-8(19-12)7-5-14-11-10(13)15-6-16-17(7)11;3*1-5(2,3)4/h1,5-6,8-9,18H,4H2,2H3,(H2,13,15,16);3*(H3,1,2,3,4)/t8-,9+,12-;;;/m1.../s1. The van der Waals surface area contributed by atoms with E-state index in [1.807, 2.05) is 0 Å². The van der Waals surface area contributed by atoms with E-state index < -0.39 is 35.2 Å². The van der Waals surface area contributed by atoms with Crippen molar-refractivity contribution in [2.24, 2.45) is 0 Å². The molecule has 1 aliphatic rings. The fraction of sp³-hybridized carbons (Fsp3) is 0.417. The largest absolute Gasteiger partial charge is 0.466 e. The number of terminal acetylenes is 1. The van der Waals surface area contributed by atoms with Gasteiger partial charge < -0.3 is 59.6 Å². The minimum absolute atomic E-state index is 0.291. The van der Waals surface area contributed by atoms with E-state index >= 15 is 0 Å². The van der Waals surface area contributed by atoms with E-state index in [4.69, 9.17) is 74.6 Å². The van der Waals surface area contributed by atoms with Crippen molar-refractivity contribution >= 4 is 34.9 Å². The van der Waals surface area contributed by atoms with Crippen LogP contribution in [0.4, 0.5) is 5.82 Å². The van der Waals surface area contributed by atoms with E-state index in [2.05, 4.69) is 21.0 Å². The molecule has 0 amide bonds. The summed E-state index contributed by atoms with van der Waals surface area (Å²) in [5.74, 6) is 2.77. The van der Waals surface area contributed by atoms with Gasteiger partial charge in [0.1, 0.15) is 12.4 Å². The molecule has 1 aliphatic heterocycles. The van der Waals surface area contributed by atoms with E-state index in [-0.39, 0.29) is 6.10 Å². The van der Waals surface area contributed by atoms with Crippen molar-refractivity contribution in [1.29, 1.82) is 0 Å². The van der Waals surface area contributed by atoms with Crippen LogP contribution in [0.3, 0.4) is 0 Å². The molecule has 3 heterocycles. The summed E-state index contributed by atoms with van der Waals surface area (Å²) in [6.07, 6.45) is 7.65. The molecule has 2 aromatic heterocycles. The number of nitrogens with two attached hydrogens (primary N) is 1. The molecule has 1 saturated heterocycles. The van der Waals surface area contributed by atoms with Crippen molar-refractivity contribution in [3.63, 3.8) is 0 Å². The number of ether oxygens (including phenoxy) is 1. The zero-order valence-corrected chi connectivity index (χ0v) is 19.6. The molecule has 3 atom stereocenters. The fourth-order valence-electron chi connectivity index (χ4n) is 2.23. The van der Waals surface area contributed by atoms with E-state index in [1.165, 1.54) is 6.33 Å². The molecule has 1 fully saturated rings. The molecule has 2 aromatic rings. The Morgan fingerprint density at radius 2 is 1.50 bits per heavy atom. The van der Waals surface area contributed by atoms with Gasteiger partial charge in [-0.3, -0.25) is 0 Å². The third-order valence-electron chi connectivity index (χ3n) is 3.43. The molecule has 0 radical (unpaired) electrons. The number of anilines is 1. The summed E-state index contributed by atoms with van der Waals surface area (Å²) in [6.45, 7) is 1.68. The number of aromatic nitrogens is 4. The lowest BCUT2D eigenvalue weighted by molar-refractivity contribution is -0.0303. The number of hydrogen-bond donors (Lipinski definition) is 11. The summed E-state index contributed by atoms with van der Waals surface area (Å²) >= 11 is 0. The third kappa shape index (κ3) is 13.8. The van der Waals surface area contributed by atoms with Gasteiger partial charge in [0.05, 0.1) is 18.0 Å². The molecule has 0 spiro atoms. The first kappa shape index (κ1) is 32.2. The highest BCUT2D eigenvalue weighted by molar-refractivity contribution is 7.45. The van der Waals surface area contributed by atoms with E-state index in [0.29, 0.717) is 23.6 Å².